The maximum atomic E-state index is 2.56. The van der Waals surface area contributed by atoms with Crippen molar-refractivity contribution < 1.29 is 0 Å². The van der Waals surface area contributed by atoms with Crippen molar-refractivity contribution in [2.75, 3.05) is 9.80 Å². The summed E-state index contributed by atoms with van der Waals surface area (Å²) in [6.45, 7) is 0. The van der Waals surface area contributed by atoms with E-state index in [9.17, 15) is 0 Å². The molecule has 4 aliphatic carbocycles. The number of benzene rings is 9. The normalized spacial score (nSPS) is 15.6. The molecule has 66 heavy (non-hydrogen) atoms. The first-order chi connectivity index (χ1) is 32.7. The van der Waals surface area contributed by atoms with Crippen molar-refractivity contribution in [2.24, 2.45) is 0 Å². The Kier molecular flexibility index (Phi) is 9.24. The first-order valence-corrected chi connectivity index (χ1v) is 24.2. The molecule has 0 aliphatic heterocycles. The number of hydrogen-bond acceptors (Lipinski definition) is 2. The fourth-order valence-electron chi connectivity index (χ4n) is 13.0. The average molecular weight is 849 g/mol. The maximum absolute atomic E-state index is 2.56. The zero-order valence-electron chi connectivity index (χ0n) is 37.3. The highest BCUT2D eigenvalue weighted by molar-refractivity contribution is 5.96. The van der Waals surface area contributed by atoms with Crippen LogP contribution in [0.2, 0.25) is 0 Å². The molecule has 2 saturated carbocycles. The van der Waals surface area contributed by atoms with Gasteiger partial charge in [0.25, 0.3) is 0 Å². The number of nitrogens with zero attached hydrogens (tertiary/aromatic N) is 2. The Morgan fingerprint density at radius 1 is 0.273 bits per heavy atom. The summed E-state index contributed by atoms with van der Waals surface area (Å²) < 4.78 is 0. The molecule has 318 valence electrons. The molecule has 13 rings (SSSR count). The van der Waals surface area contributed by atoms with Crippen LogP contribution in [0.25, 0.3) is 44.5 Å². The highest BCUT2D eigenvalue weighted by atomic mass is 15.2. The van der Waals surface area contributed by atoms with Gasteiger partial charge in [-0.2, -0.15) is 0 Å². The van der Waals surface area contributed by atoms with E-state index in [2.05, 4.69) is 228 Å². The summed E-state index contributed by atoms with van der Waals surface area (Å²) in [5, 5.41) is 0. The van der Waals surface area contributed by atoms with Gasteiger partial charge in [0.1, 0.15) is 0 Å². The highest BCUT2D eigenvalue weighted by Gasteiger charge is 2.48. The Morgan fingerprint density at radius 2 is 0.697 bits per heavy atom. The molecule has 9 aromatic rings. The number of rotatable bonds is 8. The molecule has 0 unspecified atom stereocenters. The third kappa shape index (κ3) is 5.94. The fourth-order valence-corrected chi connectivity index (χ4v) is 13.0. The predicted molar refractivity (Wildman–Crippen MR) is 276 cm³/mol. The molecular weight excluding hydrogens is 797 g/mol. The standard InChI is InChI=1S/C64H52N2/c1-4-20-46(21-5-1)55-44-47(36-39-58(55)66(49-24-8-3-9-25-49)60-33-19-29-54-52-27-11-13-31-57(52)64(62(54)60)42-16-17-43-64)45-34-37-50(38-35-45)65(48-22-6-2-7-23-48)59-32-18-28-53-51-26-10-12-30-56(51)63(61(53)59)40-14-15-41-63/h1-13,18-39,44H,14-17,40-43H2. The Balaban J connectivity index is 0.949. The lowest BCUT2D eigenvalue weighted by Gasteiger charge is -2.35. The minimum atomic E-state index is 0.0132. The lowest BCUT2D eigenvalue weighted by Crippen LogP contribution is -2.24. The molecule has 0 heterocycles. The zero-order chi connectivity index (χ0) is 43.7. The summed E-state index contributed by atoms with van der Waals surface area (Å²) in [5.74, 6) is 0. The number of para-hydroxylation sites is 2. The van der Waals surface area contributed by atoms with E-state index in [4.69, 9.17) is 0 Å². The summed E-state index contributed by atoms with van der Waals surface area (Å²) in [6, 6.07) is 82.0. The third-order valence-electron chi connectivity index (χ3n) is 15.7. The van der Waals surface area contributed by atoms with Gasteiger partial charge in [-0.3, -0.25) is 0 Å². The van der Waals surface area contributed by atoms with E-state index in [-0.39, 0.29) is 10.8 Å². The maximum Gasteiger partial charge on any atom is 0.0540 e. The van der Waals surface area contributed by atoms with E-state index in [1.807, 2.05) is 0 Å². The van der Waals surface area contributed by atoms with Gasteiger partial charge in [-0.05, 0) is 148 Å². The van der Waals surface area contributed by atoms with Crippen LogP contribution < -0.4 is 9.80 Å². The molecule has 4 aliphatic rings. The van der Waals surface area contributed by atoms with E-state index in [0.29, 0.717) is 0 Å². The molecule has 0 saturated heterocycles. The van der Waals surface area contributed by atoms with E-state index in [1.54, 1.807) is 0 Å². The summed E-state index contributed by atoms with van der Waals surface area (Å²) in [6.07, 6.45) is 9.77. The Morgan fingerprint density at radius 3 is 1.24 bits per heavy atom. The van der Waals surface area contributed by atoms with Gasteiger partial charge in [-0.1, -0.05) is 183 Å². The molecule has 0 amide bonds. The monoisotopic (exact) mass is 848 g/mol. The van der Waals surface area contributed by atoms with Crippen LogP contribution in [0.3, 0.4) is 0 Å². The van der Waals surface area contributed by atoms with Crippen LogP contribution in [-0.4, -0.2) is 0 Å². The van der Waals surface area contributed by atoms with E-state index in [0.717, 1.165) is 5.69 Å². The third-order valence-corrected chi connectivity index (χ3v) is 15.7. The van der Waals surface area contributed by atoms with E-state index >= 15 is 0 Å². The van der Waals surface area contributed by atoms with Gasteiger partial charge < -0.3 is 9.80 Å². The summed E-state index contributed by atoms with van der Waals surface area (Å²) in [7, 11) is 0. The average Bonchev–Trinajstić information content (AvgIpc) is 4.20. The van der Waals surface area contributed by atoms with Crippen molar-refractivity contribution in [1.29, 1.82) is 0 Å². The summed E-state index contributed by atoms with van der Waals surface area (Å²) in [4.78, 5) is 5.07. The second-order valence-electron chi connectivity index (χ2n) is 19.1. The number of anilines is 6. The quantitative estimate of drug-likeness (QED) is 0.150. The van der Waals surface area contributed by atoms with E-state index in [1.165, 1.54) is 147 Å². The molecule has 2 nitrogen and oxygen atoms in total. The smallest absolute Gasteiger partial charge is 0.0540 e. The van der Waals surface area contributed by atoms with Gasteiger partial charge >= 0.3 is 0 Å². The van der Waals surface area contributed by atoms with Crippen LogP contribution in [0.4, 0.5) is 34.1 Å². The summed E-state index contributed by atoms with van der Waals surface area (Å²) >= 11 is 0. The molecule has 2 spiro atoms. The van der Waals surface area contributed by atoms with Crippen LogP contribution >= 0.6 is 0 Å². The van der Waals surface area contributed by atoms with Crippen molar-refractivity contribution in [3.63, 3.8) is 0 Å². The predicted octanol–water partition coefficient (Wildman–Crippen LogP) is 17.6. The minimum absolute atomic E-state index is 0.0132. The first kappa shape index (κ1) is 39.0. The van der Waals surface area contributed by atoms with Crippen LogP contribution in [0.5, 0.6) is 0 Å². The van der Waals surface area contributed by atoms with Gasteiger partial charge in [-0.15, -0.1) is 0 Å². The fraction of sp³-hybridized carbons (Fsp3) is 0.156. The van der Waals surface area contributed by atoms with Crippen LogP contribution in [0, 0.1) is 0 Å². The van der Waals surface area contributed by atoms with Gasteiger partial charge in [0.2, 0.25) is 0 Å². The van der Waals surface area contributed by atoms with Gasteiger partial charge in [0.05, 0.1) is 17.1 Å². The van der Waals surface area contributed by atoms with Crippen molar-refractivity contribution in [3.8, 4) is 44.5 Å². The second-order valence-corrected chi connectivity index (χ2v) is 19.1. The van der Waals surface area contributed by atoms with Crippen molar-refractivity contribution in [2.45, 2.75) is 62.2 Å². The summed E-state index contributed by atoms with van der Waals surface area (Å²) in [5.41, 5.74) is 23.7. The lowest BCUT2D eigenvalue weighted by molar-refractivity contribution is 0.550. The van der Waals surface area contributed by atoms with Gasteiger partial charge in [0, 0.05) is 33.5 Å². The Hall–Kier alpha value is -7.42. The molecule has 2 fully saturated rings. The van der Waals surface area contributed by atoms with E-state index < -0.39 is 0 Å². The SMILES string of the molecule is c1ccc(-c2cc(-c3ccc(N(c4ccccc4)c4cccc5c4C4(CCCC4)c4ccccc4-5)cc3)ccc2N(c2ccccc2)c2cccc3c2C2(CCCC2)c2ccccc2-3)cc1. The second kappa shape index (κ2) is 15.6. The van der Waals surface area contributed by atoms with Gasteiger partial charge in [-0.25, -0.2) is 0 Å². The molecule has 0 radical (unpaired) electrons. The van der Waals surface area contributed by atoms with Crippen molar-refractivity contribution >= 4 is 34.1 Å². The molecular formula is C64H52N2. The van der Waals surface area contributed by atoms with Gasteiger partial charge in [0.15, 0.2) is 0 Å². The number of fused-ring (bicyclic) bond motifs is 10. The largest absolute Gasteiger partial charge is 0.310 e. The molecule has 0 atom stereocenters. The lowest BCUT2D eigenvalue weighted by atomic mass is 9.76. The molecule has 9 aromatic carbocycles. The Labute approximate surface area is 389 Å². The number of hydrogen-bond donors (Lipinski definition) is 0. The first-order valence-electron chi connectivity index (χ1n) is 24.2. The van der Waals surface area contributed by atoms with Crippen molar-refractivity contribution in [3.05, 3.63) is 241 Å². The van der Waals surface area contributed by atoms with Crippen LogP contribution in [-0.2, 0) is 10.8 Å². The zero-order valence-corrected chi connectivity index (χ0v) is 37.3. The molecule has 0 aromatic heterocycles. The topological polar surface area (TPSA) is 6.48 Å². The highest BCUT2D eigenvalue weighted by Crippen LogP contribution is 2.62. The Bertz CT molecular complexity index is 3250. The van der Waals surface area contributed by atoms with Crippen molar-refractivity contribution in [1.82, 2.24) is 0 Å². The molecule has 2 heteroatoms. The molecule has 0 N–H and O–H groups in total. The van der Waals surface area contributed by atoms with Crippen LogP contribution in [0.1, 0.15) is 73.6 Å². The minimum Gasteiger partial charge on any atom is -0.310 e. The van der Waals surface area contributed by atoms with Crippen LogP contribution in [0.15, 0.2) is 218 Å². The molecule has 0 bridgehead atoms.